The summed E-state index contributed by atoms with van der Waals surface area (Å²) >= 11 is 0. The van der Waals surface area contributed by atoms with Crippen molar-refractivity contribution in [1.82, 2.24) is 15.0 Å². The van der Waals surface area contributed by atoms with Crippen molar-refractivity contribution in [2.24, 2.45) is 0 Å². The second-order valence-electron chi connectivity index (χ2n) is 16.0. The molecule has 0 bridgehead atoms. The maximum absolute atomic E-state index is 6.71. The summed E-state index contributed by atoms with van der Waals surface area (Å²) < 4.78 is 6.71. The molecule has 0 saturated carbocycles. The molecule has 12 rings (SSSR count). The summed E-state index contributed by atoms with van der Waals surface area (Å²) in [6.07, 6.45) is 0. The van der Waals surface area contributed by atoms with Gasteiger partial charge in [0, 0.05) is 27.5 Å². The van der Waals surface area contributed by atoms with Crippen molar-refractivity contribution < 1.29 is 4.42 Å². The average Bonchev–Trinajstić information content (AvgIpc) is 3.75. The van der Waals surface area contributed by atoms with E-state index in [0.29, 0.717) is 17.5 Å². The van der Waals surface area contributed by atoms with Gasteiger partial charge in [-0.25, -0.2) is 15.0 Å². The van der Waals surface area contributed by atoms with Crippen molar-refractivity contribution in [3.63, 3.8) is 0 Å². The monoisotopic (exact) mass is 803 g/mol. The molecule has 0 amide bonds. The third-order valence-corrected chi connectivity index (χ3v) is 12.1. The van der Waals surface area contributed by atoms with Crippen molar-refractivity contribution >= 4 is 43.5 Å². The van der Waals surface area contributed by atoms with Crippen LogP contribution in [0.25, 0.3) is 122 Å². The van der Waals surface area contributed by atoms with Gasteiger partial charge >= 0.3 is 0 Å². The molecule has 0 aliphatic heterocycles. The van der Waals surface area contributed by atoms with Gasteiger partial charge < -0.3 is 4.42 Å². The summed E-state index contributed by atoms with van der Waals surface area (Å²) in [5.41, 5.74) is 13.5. The molecule has 2 aromatic heterocycles. The van der Waals surface area contributed by atoms with Crippen LogP contribution >= 0.6 is 0 Å². The first kappa shape index (κ1) is 36.4. The predicted molar refractivity (Wildman–Crippen MR) is 260 cm³/mol. The first-order valence-electron chi connectivity index (χ1n) is 21.2. The number of hydrogen-bond acceptors (Lipinski definition) is 4. The van der Waals surface area contributed by atoms with Crippen molar-refractivity contribution in [2.45, 2.75) is 0 Å². The highest BCUT2D eigenvalue weighted by Crippen LogP contribution is 2.43. The Morgan fingerprint density at radius 1 is 0.254 bits per heavy atom. The van der Waals surface area contributed by atoms with Crippen LogP contribution in [0.1, 0.15) is 0 Å². The van der Waals surface area contributed by atoms with Gasteiger partial charge in [0.15, 0.2) is 17.5 Å². The molecule has 63 heavy (non-hydrogen) atoms. The quantitative estimate of drug-likeness (QED) is 0.151. The molecule has 0 saturated heterocycles. The molecule has 0 spiro atoms. The van der Waals surface area contributed by atoms with Crippen molar-refractivity contribution in [2.75, 3.05) is 0 Å². The SMILES string of the molecule is c1ccc(-c2ccc(-c3nc(-c4ccc5c(ccc6ccccc65)c4)nc(-c4ccc5c(c4)oc4cccc(-c6ccc(-c7ccccc7)cc6-c6ccccc6)c45)n3)cc2)cc1. The van der Waals surface area contributed by atoms with E-state index in [1.54, 1.807) is 0 Å². The van der Waals surface area contributed by atoms with E-state index in [2.05, 4.69) is 218 Å². The fourth-order valence-electron chi connectivity index (χ4n) is 8.99. The molecule has 4 heteroatoms. The van der Waals surface area contributed by atoms with Gasteiger partial charge in [-0.05, 0) is 96.4 Å². The summed E-state index contributed by atoms with van der Waals surface area (Å²) in [4.78, 5) is 15.4. The summed E-state index contributed by atoms with van der Waals surface area (Å²) in [5, 5.41) is 6.87. The van der Waals surface area contributed by atoms with E-state index < -0.39 is 0 Å². The van der Waals surface area contributed by atoms with E-state index in [1.165, 1.54) is 32.8 Å². The molecule has 10 aromatic carbocycles. The van der Waals surface area contributed by atoms with E-state index in [-0.39, 0.29) is 0 Å². The Morgan fingerprint density at radius 3 is 1.51 bits per heavy atom. The second-order valence-corrected chi connectivity index (χ2v) is 16.0. The normalized spacial score (nSPS) is 11.5. The Morgan fingerprint density at radius 2 is 0.778 bits per heavy atom. The molecule has 0 aliphatic carbocycles. The highest BCUT2D eigenvalue weighted by atomic mass is 16.3. The lowest BCUT2D eigenvalue weighted by Gasteiger charge is -2.14. The first-order valence-corrected chi connectivity index (χ1v) is 21.2. The number of nitrogens with zero attached hydrogens (tertiary/aromatic N) is 3. The number of furan rings is 1. The van der Waals surface area contributed by atoms with Gasteiger partial charge in [-0.2, -0.15) is 0 Å². The van der Waals surface area contributed by atoms with E-state index >= 15 is 0 Å². The van der Waals surface area contributed by atoms with Gasteiger partial charge in [0.1, 0.15) is 11.2 Å². The topological polar surface area (TPSA) is 51.8 Å². The molecule has 0 radical (unpaired) electrons. The third kappa shape index (κ3) is 6.62. The van der Waals surface area contributed by atoms with E-state index in [9.17, 15) is 0 Å². The van der Waals surface area contributed by atoms with Gasteiger partial charge in [-0.1, -0.05) is 194 Å². The molecule has 0 N–H and O–H groups in total. The fraction of sp³-hybridized carbons (Fsp3) is 0. The van der Waals surface area contributed by atoms with Gasteiger partial charge in [0.25, 0.3) is 0 Å². The number of fused-ring (bicyclic) bond motifs is 6. The number of aromatic nitrogens is 3. The smallest absolute Gasteiger partial charge is 0.164 e. The summed E-state index contributed by atoms with van der Waals surface area (Å²) in [6.45, 7) is 0. The zero-order valence-corrected chi connectivity index (χ0v) is 34.1. The summed E-state index contributed by atoms with van der Waals surface area (Å²) in [5.74, 6) is 1.79. The van der Waals surface area contributed by atoms with Crippen molar-refractivity contribution in [3.05, 3.63) is 224 Å². The van der Waals surface area contributed by atoms with E-state index in [1.807, 2.05) is 6.07 Å². The van der Waals surface area contributed by atoms with Crippen LogP contribution in [0.3, 0.4) is 0 Å². The fourth-order valence-corrected chi connectivity index (χ4v) is 8.99. The van der Waals surface area contributed by atoms with Crippen LogP contribution in [0.2, 0.25) is 0 Å². The first-order chi connectivity index (χ1) is 31.2. The largest absolute Gasteiger partial charge is 0.456 e. The minimum absolute atomic E-state index is 0.575. The van der Waals surface area contributed by atoms with Crippen LogP contribution in [0, 0.1) is 0 Å². The lowest BCUT2D eigenvalue weighted by molar-refractivity contribution is 0.669. The van der Waals surface area contributed by atoms with Crippen LogP contribution < -0.4 is 0 Å². The summed E-state index contributed by atoms with van der Waals surface area (Å²) in [7, 11) is 0. The van der Waals surface area contributed by atoms with Crippen molar-refractivity contribution in [3.8, 4) is 78.7 Å². The van der Waals surface area contributed by atoms with E-state index in [4.69, 9.17) is 19.4 Å². The van der Waals surface area contributed by atoms with Crippen LogP contribution in [0.4, 0.5) is 0 Å². The van der Waals surface area contributed by atoms with Crippen LogP contribution in [0.15, 0.2) is 229 Å². The standard InChI is InChI=1S/C59H37N3O/c1-4-13-38(14-5-1)40-23-26-43(27-24-40)57-60-58(46-30-32-49-45(35-46)28-25-42-19-10-11-20-48(42)49)62-59(61-57)47-31-34-52-55(37-47)63-54-22-12-21-51(56(52)54)50-33-29-44(39-15-6-2-7-16-39)36-53(50)41-17-8-3-9-18-41/h1-37H. The highest BCUT2D eigenvalue weighted by molar-refractivity contribution is 6.14. The Labute approximate surface area is 364 Å². The maximum atomic E-state index is 6.71. The average molecular weight is 804 g/mol. The molecule has 0 unspecified atom stereocenters. The van der Waals surface area contributed by atoms with Gasteiger partial charge in [-0.3, -0.25) is 0 Å². The van der Waals surface area contributed by atoms with Crippen molar-refractivity contribution in [1.29, 1.82) is 0 Å². The minimum Gasteiger partial charge on any atom is -0.456 e. The number of benzene rings is 10. The lowest BCUT2D eigenvalue weighted by Crippen LogP contribution is -2.00. The Bertz CT molecular complexity index is 3650. The highest BCUT2D eigenvalue weighted by Gasteiger charge is 2.19. The van der Waals surface area contributed by atoms with Gasteiger partial charge in [0.2, 0.25) is 0 Å². The molecule has 0 atom stereocenters. The van der Waals surface area contributed by atoms with Gasteiger partial charge in [-0.15, -0.1) is 0 Å². The minimum atomic E-state index is 0.575. The van der Waals surface area contributed by atoms with Crippen LogP contribution in [-0.2, 0) is 0 Å². The molecule has 0 fully saturated rings. The maximum Gasteiger partial charge on any atom is 0.164 e. The molecular weight excluding hydrogens is 767 g/mol. The number of hydrogen-bond donors (Lipinski definition) is 0. The summed E-state index contributed by atoms with van der Waals surface area (Å²) in [6, 6.07) is 78.8. The Kier molecular flexibility index (Phi) is 8.79. The number of rotatable bonds is 7. The molecule has 0 aliphatic rings. The zero-order chi connectivity index (χ0) is 41.7. The molecule has 4 nitrogen and oxygen atoms in total. The van der Waals surface area contributed by atoms with E-state index in [0.717, 1.165) is 71.8 Å². The predicted octanol–water partition coefficient (Wildman–Crippen LogP) is 15.7. The lowest BCUT2D eigenvalue weighted by atomic mass is 9.89. The van der Waals surface area contributed by atoms with Crippen LogP contribution in [0.5, 0.6) is 0 Å². The third-order valence-electron chi connectivity index (χ3n) is 12.1. The molecular formula is C59H37N3O. The Balaban J connectivity index is 0.997. The second kappa shape index (κ2) is 15.2. The Hall–Kier alpha value is -8.47. The van der Waals surface area contributed by atoms with Gasteiger partial charge in [0.05, 0.1) is 0 Å². The zero-order valence-electron chi connectivity index (χ0n) is 34.1. The van der Waals surface area contributed by atoms with Crippen LogP contribution in [-0.4, -0.2) is 15.0 Å². The molecule has 2 heterocycles. The molecule has 12 aromatic rings. The molecule has 294 valence electrons.